The van der Waals surface area contributed by atoms with Gasteiger partial charge in [0.1, 0.15) is 0 Å². The summed E-state index contributed by atoms with van der Waals surface area (Å²) in [4.78, 5) is 13.0. The van der Waals surface area contributed by atoms with Crippen molar-refractivity contribution in [3.8, 4) is 0 Å². The first-order valence-corrected chi connectivity index (χ1v) is 5.94. The highest BCUT2D eigenvalue weighted by Gasteiger charge is 2.05. The molecule has 0 saturated carbocycles. The summed E-state index contributed by atoms with van der Waals surface area (Å²) in [7, 11) is 0. The second-order valence-electron chi connectivity index (χ2n) is 4.26. The molecule has 3 rings (SSSR count). The molecule has 1 aromatic carbocycles. The van der Waals surface area contributed by atoms with Gasteiger partial charge < -0.3 is 11.1 Å². The van der Waals surface area contributed by atoms with Gasteiger partial charge in [-0.25, -0.2) is 9.97 Å². The number of nitrogen functional groups attached to an aromatic ring is 1. The smallest absolute Gasteiger partial charge is 0.174 e. The van der Waals surface area contributed by atoms with Gasteiger partial charge in [-0.2, -0.15) is 0 Å². The first kappa shape index (κ1) is 11.4. The fourth-order valence-corrected chi connectivity index (χ4v) is 1.78. The van der Waals surface area contributed by atoms with Crippen LogP contribution in [0.3, 0.4) is 0 Å². The molecular formula is C14H13N5. The zero-order valence-electron chi connectivity index (χ0n) is 10.5. The molecule has 0 fully saturated rings. The van der Waals surface area contributed by atoms with Crippen LogP contribution in [0.4, 0.5) is 17.3 Å². The molecule has 0 bridgehead atoms. The molecule has 0 aliphatic carbocycles. The predicted octanol–water partition coefficient (Wildman–Crippen LogP) is 2.66. The van der Waals surface area contributed by atoms with Crippen LogP contribution in [0.1, 0.15) is 5.69 Å². The summed E-state index contributed by atoms with van der Waals surface area (Å²) in [5.74, 6) is 0.920. The van der Waals surface area contributed by atoms with Crippen molar-refractivity contribution >= 4 is 28.4 Å². The van der Waals surface area contributed by atoms with Gasteiger partial charge in [0.2, 0.25) is 0 Å². The van der Waals surface area contributed by atoms with Crippen LogP contribution in [-0.2, 0) is 0 Å². The Labute approximate surface area is 110 Å². The molecule has 2 heterocycles. The monoisotopic (exact) mass is 251 g/mol. The van der Waals surface area contributed by atoms with Gasteiger partial charge in [-0.15, -0.1) is 0 Å². The Morgan fingerprint density at radius 2 is 1.74 bits per heavy atom. The van der Waals surface area contributed by atoms with Gasteiger partial charge in [0.15, 0.2) is 11.6 Å². The molecule has 94 valence electrons. The number of fused-ring (bicyclic) bond motifs is 1. The molecule has 0 unspecified atom stereocenters. The maximum Gasteiger partial charge on any atom is 0.174 e. The van der Waals surface area contributed by atoms with E-state index in [4.69, 9.17) is 5.73 Å². The van der Waals surface area contributed by atoms with Gasteiger partial charge in [-0.05, 0) is 31.2 Å². The summed E-state index contributed by atoms with van der Waals surface area (Å²) in [5, 5.41) is 3.13. The first-order valence-electron chi connectivity index (χ1n) is 5.94. The summed E-state index contributed by atoms with van der Waals surface area (Å²) in [6, 6.07) is 11.5. The molecular weight excluding hydrogens is 238 g/mol. The minimum absolute atomic E-state index is 0.374. The molecule has 0 spiro atoms. The zero-order chi connectivity index (χ0) is 13.2. The number of rotatable bonds is 2. The van der Waals surface area contributed by atoms with Crippen LogP contribution in [0.5, 0.6) is 0 Å². The third-order valence-corrected chi connectivity index (χ3v) is 2.77. The Morgan fingerprint density at radius 3 is 2.42 bits per heavy atom. The Hall–Kier alpha value is -2.69. The molecule has 0 amide bonds. The normalized spacial score (nSPS) is 10.6. The average Bonchev–Trinajstić information content (AvgIpc) is 2.42. The Balaban J connectivity index is 2.00. The largest absolute Gasteiger partial charge is 0.381 e. The van der Waals surface area contributed by atoms with Crippen LogP contribution in [0, 0.1) is 6.92 Å². The van der Waals surface area contributed by atoms with E-state index < -0.39 is 0 Å². The number of benzene rings is 1. The lowest BCUT2D eigenvalue weighted by Gasteiger charge is -2.08. The van der Waals surface area contributed by atoms with E-state index in [1.54, 1.807) is 6.20 Å². The summed E-state index contributed by atoms with van der Waals surface area (Å²) in [6.45, 7) is 1.94. The summed E-state index contributed by atoms with van der Waals surface area (Å²) in [6.07, 6.45) is 1.74. The standard InChI is InChI=1S/C14H13N5/c1-9-6-7-10(8-16-9)17-14-13(15)18-11-4-2-3-5-12(11)19-14/h2-8H,1H3,(H2,15,18)(H,17,19). The van der Waals surface area contributed by atoms with Crippen molar-refractivity contribution in [3.05, 3.63) is 48.3 Å². The SMILES string of the molecule is Cc1ccc(Nc2nc3ccccc3nc2N)cn1. The van der Waals surface area contributed by atoms with Gasteiger partial charge in [0.25, 0.3) is 0 Å². The van der Waals surface area contributed by atoms with Crippen LogP contribution in [-0.4, -0.2) is 15.0 Å². The second kappa shape index (κ2) is 4.53. The Kier molecular flexibility index (Phi) is 2.72. The lowest BCUT2D eigenvalue weighted by Crippen LogP contribution is -2.02. The maximum atomic E-state index is 5.91. The van der Waals surface area contributed by atoms with Gasteiger partial charge in [0.05, 0.1) is 22.9 Å². The first-order chi connectivity index (χ1) is 9.22. The van der Waals surface area contributed by atoms with E-state index in [0.717, 1.165) is 22.4 Å². The van der Waals surface area contributed by atoms with Crippen LogP contribution < -0.4 is 11.1 Å². The van der Waals surface area contributed by atoms with E-state index in [0.29, 0.717) is 11.6 Å². The van der Waals surface area contributed by atoms with E-state index in [1.807, 2.05) is 43.3 Å². The summed E-state index contributed by atoms with van der Waals surface area (Å²) >= 11 is 0. The number of nitrogens with two attached hydrogens (primary N) is 1. The molecule has 3 N–H and O–H groups in total. The molecule has 19 heavy (non-hydrogen) atoms. The van der Waals surface area contributed by atoms with E-state index in [1.165, 1.54) is 0 Å². The summed E-state index contributed by atoms with van der Waals surface area (Å²) < 4.78 is 0. The lowest BCUT2D eigenvalue weighted by atomic mass is 10.3. The van der Waals surface area contributed by atoms with Crippen LogP contribution in [0.2, 0.25) is 0 Å². The topological polar surface area (TPSA) is 76.7 Å². The second-order valence-corrected chi connectivity index (χ2v) is 4.26. The molecule has 2 aromatic heterocycles. The van der Waals surface area contributed by atoms with Gasteiger partial charge in [-0.1, -0.05) is 12.1 Å². The van der Waals surface area contributed by atoms with Crippen molar-refractivity contribution in [2.45, 2.75) is 6.92 Å². The van der Waals surface area contributed by atoms with Gasteiger partial charge in [-0.3, -0.25) is 4.98 Å². The number of para-hydroxylation sites is 2. The molecule has 0 radical (unpaired) electrons. The molecule has 5 nitrogen and oxygen atoms in total. The summed E-state index contributed by atoms with van der Waals surface area (Å²) in [5.41, 5.74) is 9.29. The van der Waals surface area contributed by atoms with Gasteiger partial charge >= 0.3 is 0 Å². The van der Waals surface area contributed by atoms with E-state index in [9.17, 15) is 0 Å². The highest BCUT2D eigenvalue weighted by molar-refractivity contribution is 5.80. The number of aryl methyl sites for hydroxylation is 1. The number of aromatic nitrogens is 3. The third kappa shape index (κ3) is 2.30. The highest BCUT2D eigenvalue weighted by Crippen LogP contribution is 2.21. The number of pyridine rings is 1. The van der Waals surface area contributed by atoms with E-state index in [2.05, 4.69) is 20.3 Å². The molecule has 0 aliphatic rings. The minimum atomic E-state index is 0.374. The van der Waals surface area contributed by atoms with Crippen LogP contribution in [0.25, 0.3) is 11.0 Å². The number of anilines is 3. The molecule has 3 aromatic rings. The highest BCUT2D eigenvalue weighted by atomic mass is 15.1. The molecule has 0 aliphatic heterocycles. The zero-order valence-corrected chi connectivity index (χ0v) is 10.5. The van der Waals surface area contributed by atoms with Crippen molar-refractivity contribution < 1.29 is 0 Å². The number of nitrogens with zero attached hydrogens (tertiary/aromatic N) is 3. The van der Waals surface area contributed by atoms with Crippen LogP contribution in [0.15, 0.2) is 42.6 Å². The fraction of sp³-hybridized carbons (Fsp3) is 0.0714. The Bertz CT molecular complexity index is 721. The van der Waals surface area contributed by atoms with Crippen molar-refractivity contribution in [1.82, 2.24) is 15.0 Å². The number of nitrogens with one attached hydrogen (secondary N) is 1. The molecule has 0 saturated heterocycles. The molecule has 0 atom stereocenters. The van der Waals surface area contributed by atoms with E-state index in [-0.39, 0.29) is 0 Å². The quantitative estimate of drug-likeness (QED) is 0.732. The minimum Gasteiger partial charge on any atom is -0.381 e. The van der Waals surface area contributed by atoms with Crippen LogP contribution >= 0.6 is 0 Å². The lowest BCUT2D eigenvalue weighted by molar-refractivity contribution is 1.19. The van der Waals surface area contributed by atoms with Crippen molar-refractivity contribution in [2.75, 3.05) is 11.1 Å². The number of hydrogen-bond donors (Lipinski definition) is 2. The van der Waals surface area contributed by atoms with E-state index >= 15 is 0 Å². The van der Waals surface area contributed by atoms with Crippen molar-refractivity contribution in [1.29, 1.82) is 0 Å². The van der Waals surface area contributed by atoms with Crippen molar-refractivity contribution in [3.63, 3.8) is 0 Å². The predicted molar refractivity (Wildman–Crippen MR) is 76.2 cm³/mol. The fourth-order valence-electron chi connectivity index (χ4n) is 1.78. The maximum absolute atomic E-state index is 5.91. The number of hydrogen-bond acceptors (Lipinski definition) is 5. The molecule has 5 heteroatoms. The van der Waals surface area contributed by atoms with Crippen molar-refractivity contribution in [2.24, 2.45) is 0 Å². The third-order valence-electron chi connectivity index (χ3n) is 2.77. The average molecular weight is 251 g/mol. The van der Waals surface area contributed by atoms with Gasteiger partial charge in [0, 0.05) is 5.69 Å². The Morgan fingerprint density at radius 1 is 1.00 bits per heavy atom.